The van der Waals surface area contributed by atoms with Gasteiger partial charge in [-0.25, -0.2) is 9.67 Å². The Morgan fingerprint density at radius 1 is 1.11 bits per heavy atom. The lowest BCUT2D eigenvalue weighted by Gasteiger charge is -2.36. The number of methoxy groups -OCH3 is 1. The monoisotopic (exact) mass is 514 g/mol. The van der Waals surface area contributed by atoms with Gasteiger partial charge in [0.25, 0.3) is 0 Å². The fourth-order valence-corrected chi connectivity index (χ4v) is 3.52. The molecule has 0 radical (unpaired) electrons. The zero-order valence-corrected chi connectivity index (χ0v) is 19.5. The van der Waals surface area contributed by atoms with Gasteiger partial charge in [-0.05, 0) is 36.4 Å². The molecule has 0 saturated carbocycles. The lowest BCUT2D eigenvalue weighted by Crippen LogP contribution is -2.47. The largest absolute Gasteiger partial charge is 0.491 e. The number of nitrogens with two attached hydrogens (primary N) is 1. The molecule has 5 aromatic rings. The van der Waals surface area contributed by atoms with Crippen LogP contribution in [0.25, 0.3) is 28.3 Å². The molecule has 2 N–H and O–H groups in total. The number of anilines is 2. The molecule has 6 rings (SSSR count). The van der Waals surface area contributed by atoms with E-state index in [1.54, 1.807) is 12.1 Å². The summed E-state index contributed by atoms with van der Waals surface area (Å²) in [6, 6.07) is 8.53. The zero-order valence-electron chi connectivity index (χ0n) is 30.5. The van der Waals surface area contributed by atoms with Crippen molar-refractivity contribution < 1.29 is 29.0 Å². The average Bonchev–Trinajstić information content (AvgIpc) is 3.75. The molecule has 1 aromatic carbocycles. The minimum Gasteiger partial charge on any atom is -0.491 e. The van der Waals surface area contributed by atoms with Crippen LogP contribution in [0.15, 0.2) is 53.3 Å². The number of benzene rings is 1. The summed E-state index contributed by atoms with van der Waals surface area (Å²) < 4.78 is 114. The third-order valence-corrected chi connectivity index (χ3v) is 5.32. The summed E-state index contributed by atoms with van der Waals surface area (Å²) in [6.07, 6.45) is 0.889. The number of aromatic nitrogens is 6. The minimum absolute atomic E-state index is 0.0157. The van der Waals surface area contributed by atoms with Crippen LogP contribution in [0.1, 0.15) is 15.1 Å². The van der Waals surface area contributed by atoms with Crippen LogP contribution in [0.2, 0.25) is 0 Å². The molecule has 0 atom stereocenters. The predicted octanol–water partition coefficient (Wildman–Crippen LogP) is 2.16. The van der Waals surface area contributed by atoms with Crippen molar-refractivity contribution in [2.75, 3.05) is 63.5 Å². The third kappa shape index (κ3) is 4.68. The number of nitrogens with zero attached hydrogens (tertiary/aromatic N) is 8. The van der Waals surface area contributed by atoms with Gasteiger partial charge in [0, 0.05) is 50.8 Å². The van der Waals surface area contributed by atoms with Crippen molar-refractivity contribution in [3.63, 3.8) is 0 Å². The first-order valence-corrected chi connectivity index (χ1v) is 11.1. The summed E-state index contributed by atoms with van der Waals surface area (Å²) in [6.45, 7) is -17.0. The highest BCUT2D eigenvalue weighted by atomic mass is 16.5. The lowest BCUT2D eigenvalue weighted by molar-refractivity contribution is 0.146. The molecule has 0 spiro atoms. The third-order valence-electron chi connectivity index (χ3n) is 5.32. The summed E-state index contributed by atoms with van der Waals surface area (Å²) in [4.78, 5) is 9.02. The molecule has 4 aromatic heterocycles. The maximum atomic E-state index is 8.90. The van der Waals surface area contributed by atoms with E-state index >= 15 is 0 Å². The first-order chi connectivity index (χ1) is 22.4. The first-order valence-electron chi connectivity index (χ1n) is 16.6. The SMILES string of the molecule is [2H]c1nn(C([2H])([2H])CN2C([2H])([2H])C([2H])([2H])N(c3ccc(OCCOC)cc3)C([2H])([2H])C2([2H])[2H])c2nc(N)n3nc(-c4ccco4)nc3c12. The number of furan rings is 1. The van der Waals surface area contributed by atoms with Crippen molar-refractivity contribution in [1.29, 1.82) is 0 Å². The smallest absolute Gasteiger partial charge is 0.225 e. The Kier molecular flexibility index (Phi) is 3.80. The van der Waals surface area contributed by atoms with Crippen LogP contribution < -0.4 is 15.4 Å². The van der Waals surface area contributed by atoms with Gasteiger partial charge in [-0.15, -0.1) is 5.10 Å². The molecule has 192 valence electrons. The Bertz CT molecular complexity index is 1940. The number of hydrogen-bond donors (Lipinski definition) is 1. The van der Waals surface area contributed by atoms with Crippen molar-refractivity contribution >= 4 is 28.3 Å². The summed E-state index contributed by atoms with van der Waals surface area (Å²) in [5.74, 6) is 0.429. The van der Waals surface area contributed by atoms with Crippen LogP contribution in [0, 0.1) is 0 Å². The Morgan fingerprint density at radius 2 is 1.95 bits per heavy atom. The van der Waals surface area contributed by atoms with E-state index in [0.29, 0.717) is 21.9 Å². The molecule has 12 heteroatoms. The number of fused-ring (bicyclic) bond motifs is 3. The maximum absolute atomic E-state index is 8.90. The van der Waals surface area contributed by atoms with E-state index in [0.717, 1.165) is 4.52 Å². The van der Waals surface area contributed by atoms with E-state index in [1.165, 1.54) is 37.6 Å². The quantitative estimate of drug-likeness (QED) is 0.293. The van der Waals surface area contributed by atoms with Gasteiger partial charge < -0.3 is 24.5 Å². The second kappa shape index (κ2) is 10.1. The van der Waals surface area contributed by atoms with Gasteiger partial charge in [-0.1, -0.05) is 0 Å². The molecule has 1 aliphatic heterocycles. The van der Waals surface area contributed by atoms with E-state index < -0.39 is 45.2 Å². The van der Waals surface area contributed by atoms with Crippen molar-refractivity contribution in [2.45, 2.75) is 6.50 Å². The zero-order chi connectivity index (χ0) is 35.0. The van der Waals surface area contributed by atoms with Gasteiger partial charge in [-0.2, -0.15) is 14.6 Å². The Hall–Kier alpha value is -4.16. The van der Waals surface area contributed by atoms with Gasteiger partial charge >= 0.3 is 0 Å². The summed E-state index contributed by atoms with van der Waals surface area (Å²) in [7, 11) is 1.50. The molecule has 1 saturated heterocycles. The highest BCUT2D eigenvalue weighted by Gasteiger charge is 2.20. The number of piperazine rings is 1. The molecule has 0 bridgehead atoms. The number of hydrogen-bond acceptors (Lipinski definition) is 10. The van der Waals surface area contributed by atoms with Gasteiger partial charge in [0.05, 0.1) is 40.5 Å². The maximum Gasteiger partial charge on any atom is 0.225 e. The standard InChI is InChI=1S/C25H29N9O3/c1-35-15-16-36-19-6-4-18(5-7-19)32-11-8-31(9-12-32)10-13-33-23-20(17-27-33)24-28-22(21-3-2-14-37-21)30-34(24)25(26)29-23/h2-7,14,17H,8-13,15-16H2,1H3,(H2,26,29)/i8D2,9D2,11D2,12D2,13D2,17D. The molecular formula is C25H29N9O3. The molecular weight excluding hydrogens is 474 g/mol. The highest BCUT2D eigenvalue weighted by molar-refractivity contribution is 5.90. The molecule has 12 nitrogen and oxygen atoms in total. The minimum atomic E-state index is -3.36. The van der Waals surface area contributed by atoms with E-state index in [9.17, 15) is 0 Å². The molecule has 0 aliphatic carbocycles. The van der Waals surface area contributed by atoms with Crippen LogP contribution in [0.4, 0.5) is 11.6 Å². The number of nitrogen functional groups attached to an aromatic ring is 1. The Labute approximate surface area is 228 Å². The molecule has 0 amide bonds. The summed E-state index contributed by atoms with van der Waals surface area (Å²) in [5.41, 5.74) is 5.59. The van der Waals surface area contributed by atoms with Crippen LogP contribution in [0.5, 0.6) is 5.75 Å². The molecule has 1 fully saturated rings. The molecule has 37 heavy (non-hydrogen) atoms. The summed E-state index contributed by atoms with van der Waals surface area (Å²) in [5, 5.41) is 8.10. The predicted molar refractivity (Wildman–Crippen MR) is 139 cm³/mol. The van der Waals surface area contributed by atoms with Gasteiger partial charge in [0.1, 0.15) is 12.4 Å². The van der Waals surface area contributed by atoms with E-state index in [2.05, 4.69) is 20.2 Å². The second-order valence-electron chi connectivity index (χ2n) is 7.70. The van der Waals surface area contributed by atoms with E-state index in [4.69, 9.17) is 34.7 Å². The van der Waals surface area contributed by atoms with E-state index in [-0.39, 0.29) is 51.4 Å². The van der Waals surface area contributed by atoms with E-state index in [1.807, 2.05) is 0 Å². The van der Waals surface area contributed by atoms with Crippen molar-refractivity contribution in [1.82, 2.24) is 34.3 Å². The van der Waals surface area contributed by atoms with Crippen molar-refractivity contribution in [2.24, 2.45) is 0 Å². The average molecular weight is 515 g/mol. The Balaban J connectivity index is 1.39. The molecule has 0 unspecified atom stereocenters. The second-order valence-corrected chi connectivity index (χ2v) is 7.70. The van der Waals surface area contributed by atoms with Crippen molar-refractivity contribution in [3.05, 3.63) is 48.8 Å². The van der Waals surface area contributed by atoms with Crippen LogP contribution in [-0.2, 0) is 11.2 Å². The van der Waals surface area contributed by atoms with Crippen LogP contribution >= 0.6 is 0 Å². The van der Waals surface area contributed by atoms with Crippen LogP contribution in [-0.4, -0.2) is 87.1 Å². The molecule has 5 heterocycles. The number of rotatable bonds is 9. The lowest BCUT2D eigenvalue weighted by atomic mass is 10.2. The first kappa shape index (κ1) is 14.0. The molecule has 1 aliphatic rings. The number of ether oxygens (including phenoxy) is 2. The normalized spacial score (nSPS) is 24.9. The Morgan fingerprint density at radius 3 is 2.70 bits per heavy atom. The fourth-order valence-electron chi connectivity index (χ4n) is 3.52. The summed E-state index contributed by atoms with van der Waals surface area (Å²) >= 11 is 0. The van der Waals surface area contributed by atoms with Gasteiger partial charge in [0.2, 0.25) is 11.8 Å². The topological polar surface area (TPSA) is 125 Å². The fraction of sp³-hybridized carbons (Fsp3) is 0.360. The highest BCUT2D eigenvalue weighted by Crippen LogP contribution is 2.24. The van der Waals surface area contributed by atoms with Gasteiger partial charge in [-0.3, -0.25) is 4.90 Å². The van der Waals surface area contributed by atoms with Crippen LogP contribution in [0.3, 0.4) is 0 Å². The van der Waals surface area contributed by atoms with Gasteiger partial charge in [0.15, 0.2) is 17.1 Å². The van der Waals surface area contributed by atoms with Crippen molar-refractivity contribution in [3.8, 4) is 17.3 Å².